The van der Waals surface area contributed by atoms with Crippen molar-refractivity contribution in [3.8, 4) is 11.5 Å². The summed E-state index contributed by atoms with van der Waals surface area (Å²) in [7, 11) is 4.58. The minimum atomic E-state index is -0.324. The third-order valence-electron chi connectivity index (χ3n) is 5.91. The number of piperidine rings is 1. The second-order valence-corrected chi connectivity index (χ2v) is 7.64. The lowest BCUT2D eigenvalue weighted by Gasteiger charge is -2.36. The number of hydrogen-bond donors (Lipinski definition) is 1. The number of nitrogens with zero attached hydrogens (tertiary/aromatic N) is 2. The van der Waals surface area contributed by atoms with Gasteiger partial charge in [0.15, 0.2) is 11.5 Å². The van der Waals surface area contributed by atoms with Crippen LogP contribution in [0.5, 0.6) is 11.5 Å². The molecule has 0 saturated carbocycles. The summed E-state index contributed by atoms with van der Waals surface area (Å²) in [4.78, 5) is 26.8. The van der Waals surface area contributed by atoms with E-state index in [4.69, 9.17) is 14.2 Å². The predicted molar refractivity (Wildman–Crippen MR) is 116 cm³/mol. The Kier molecular flexibility index (Phi) is 7.57. The van der Waals surface area contributed by atoms with E-state index in [2.05, 4.69) is 10.2 Å². The average Bonchev–Trinajstić information content (AvgIpc) is 3.31. The third kappa shape index (κ3) is 5.19. The van der Waals surface area contributed by atoms with Crippen LogP contribution >= 0.6 is 0 Å². The topological polar surface area (TPSA) is 82.0 Å². The highest BCUT2D eigenvalue weighted by Crippen LogP contribution is 2.28. The third-order valence-corrected chi connectivity index (χ3v) is 5.91. The van der Waals surface area contributed by atoms with Crippen molar-refractivity contribution in [2.75, 3.05) is 34.4 Å². The molecule has 1 N–H and O–H groups in total. The highest BCUT2D eigenvalue weighted by molar-refractivity contribution is 5.87. The van der Waals surface area contributed by atoms with Gasteiger partial charge in [0.2, 0.25) is 5.91 Å². The Morgan fingerprint density at radius 3 is 2.45 bits per heavy atom. The minimum Gasteiger partial charge on any atom is -0.493 e. The number of hydrogen-bond acceptors (Lipinski definition) is 6. The molecule has 0 radical (unpaired) electrons. The van der Waals surface area contributed by atoms with Crippen LogP contribution in [0.2, 0.25) is 0 Å². The number of esters is 1. The van der Waals surface area contributed by atoms with Crippen molar-refractivity contribution in [1.29, 1.82) is 0 Å². The van der Waals surface area contributed by atoms with E-state index in [0.717, 1.165) is 31.5 Å². The largest absolute Gasteiger partial charge is 0.493 e. The van der Waals surface area contributed by atoms with Crippen LogP contribution in [0.25, 0.3) is 0 Å². The summed E-state index contributed by atoms with van der Waals surface area (Å²) in [5.41, 5.74) is 1.52. The van der Waals surface area contributed by atoms with Crippen LogP contribution in [0.1, 0.15) is 41.9 Å². The van der Waals surface area contributed by atoms with Gasteiger partial charge in [-0.3, -0.25) is 9.69 Å². The second kappa shape index (κ2) is 10.3. The summed E-state index contributed by atoms with van der Waals surface area (Å²) in [5.74, 6) is 0.965. The molecule has 1 saturated heterocycles. The maximum Gasteiger partial charge on any atom is 0.354 e. The van der Waals surface area contributed by atoms with E-state index < -0.39 is 0 Å². The molecule has 0 bridgehead atoms. The molecule has 2 heterocycles. The Balaban J connectivity index is 1.52. The van der Waals surface area contributed by atoms with Crippen molar-refractivity contribution < 1.29 is 23.8 Å². The van der Waals surface area contributed by atoms with Gasteiger partial charge >= 0.3 is 5.97 Å². The fourth-order valence-corrected chi connectivity index (χ4v) is 4.03. The molecule has 1 atom stereocenters. The van der Waals surface area contributed by atoms with E-state index in [1.54, 1.807) is 20.3 Å². The Morgan fingerprint density at radius 1 is 1.10 bits per heavy atom. The lowest BCUT2D eigenvalue weighted by atomic mass is 10.0. The van der Waals surface area contributed by atoms with Gasteiger partial charge in [0.25, 0.3) is 0 Å². The van der Waals surface area contributed by atoms with Gasteiger partial charge in [0, 0.05) is 31.9 Å². The smallest absolute Gasteiger partial charge is 0.354 e. The number of aromatic nitrogens is 1. The summed E-state index contributed by atoms with van der Waals surface area (Å²) in [6.45, 7) is 3.93. The van der Waals surface area contributed by atoms with E-state index in [1.165, 1.54) is 7.11 Å². The second-order valence-electron chi connectivity index (χ2n) is 7.64. The fraction of sp³-hybridized carbons (Fsp3) is 0.478. The molecule has 31 heavy (non-hydrogen) atoms. The molecule has 168 valence electrons. The van der Waals surface area contributed by atoms with E-state index in [-0.39, 0.29) is 24.0 Å². The lowest BCUT2D eigenvalue weighted by Crippen LogP contribution is -2.48. The number of benzene rings is 1. The van der Waals surface area contributed by atoms with E-state index in [9.17, 15) is 9.59 Å². The molecule has 1 unspecified atom stereocenters. The monoisotopic (exact) mass is 429 g/mol. The molecule has 8 heteroatoms. The summed E-state index contributed by atoms with van der Waals surface area (Å²) in [5, 5.41) is 3.01. The van der Waals surface area contributed by atoms with Crippen LogP contribution < -0.4 is 14.8 Å². The van der Waals surface area contributed by atoms with Crippen LogP contribution in [0, 0.1) is 0 Å². The Hall–Kier alpha value is -3.00. The zero-order chi connectivity index (χ0) is 22.4. The average molecular weight is 430 g/mol. The van der Waals surface area contributed by atoms with Crippen LogP contribution in [-0.4, -0.2) is 61.8 Å². The summed E-state index contributed by atoms with van der Waals surface area (Å²) in [6.07, 6.45) is 3.66. The van der Waals surface area contributed by atoms with Gasteiger partial charge in [0.05, 0.1) is 27.4 Å². The summed E-state index contributed by atoms with van der Waals surface area (Å²) < 4.78 is 17.4. The van der Waals surface area contributed by atoms with Crippen LogP contribution in [0.15, 0.2) is 36.5 Å². The van der Waals surface area contributed by atoms with E-state index in [0.29, 0.717) is 23.7 Å². The highest BCUT2D eigenvalue weighted by Gasteiger charge is 2.28. The van der Waals surface area contributed by atoms with Gasteiger partial charge in [-0.25, -0.2) is 4.79 Å². The zero-order valence-electron chi connectivity index (χ0n) is 18.6. The molecule has 1 aliphatic heterocycles. The number of ether oxygens (including phenoxy) is 3. The lowest BCUT2D eigenvalue weighted by molar-refractivity contribution is -0.126. The number of amides is 1. The van der Waals surface area contributed by atoms with E-state index >= 15 is 0 Å². The standard InChI is InChI=1S/C23H31N3O5/c1-16(22(27)24-15-17-7-8-20(29-2)21(14-17)30-3)25-12-9-18(10-13-25)26-11-5-6-19(26)23(28)31-4/h5-8,11,14,16,18H,9-10,12-13,15H2,1-4H3,(H,24,27). The molecule has 1 aliphatic rings. The number of methoxy groups -OCH3 is 3. The van der Waals surface area contributed by atoms with Crippen molar-refractivity contribution >= 4 is 11.9 Å². The summed E-state index contributed by atoms with van der Waals surface area (Å²) in [6, 6.07) is 9.25. The zero-order valence-corrected chi connectivity index (χ0v) is 18.6. The normalized spacial score (nSPS) is 15.9. The SMILES string of the molecule is COC(=O)c1cccn1C1CCN(C(C)C(=O)NCc2ccc(OC)c(OC)c2)CC1. The molecule has 1 aromatic carbocycles. The number of likely N-dealkylation sites (tertiary alicyclic amines) is 1. The molecular formula is C23H31N3O5. The minimum absolute atomic E-state index is 0.00977. The maximum absolute atomic E-state index is 12.7. The number of rotatable bonds is 8. The van der Waals surface area contributed by atoms with Crippen molar-refractivity contribution in [1.82, 2.24) is 14.8 Å². The number of nitrogens with one attached hydrogen (secondary N) is 1. The van der Waals surface area contributed by atoms with Crippen LogP contribution in [-0.2, 0) is 16.1 Å². The number of carbonyl (C=O) groups is 2. The number of carbonyl (C=O) groups excluding carboxylic acids is 2. The van der Waals surface area contributed by atoms with Crippen LogP contribution in [0.3, 0.4) is 0 Å². The quantitative estimate of drug-likeness (QED) is 0.650. The van der Waals surface area contributed by atoms with Gasteiger partial charge in [0.1, 0.15) is 5.69 Å². The summed E-state index contributed by atoms with van der Waals surface area (Å²) >= 11 is 0. The molecule has 1 fully saturated rings. The van der Waals surface area contributed by atoms with Gasteiger partial charge in [-0.2, -0.15) is 0 Å². The van der Waals surface area contributed by atoms with Gasteiger partial charge in [-0.15, -0.1) is 0 Å². The first-order chi connectivity index (χ1) is 15.0. The van der Waals surface area contributed by atoms with Gasteiger partial charge in [-0.1, -0.05) is 6.07 Å². The van der Waals surface area contributed by atoms with Gasteiger partial charge < -0.3 is 24.1 Å². The first-order valence-electron chi connectivity index (χ1n) is 10.5. The molecule has 1 aromatic heterocycles. The van der Waals surface area contributed by atoms with Gasteiger partial charge in [-0.05, 0) is 49.6 Å². The molecule has 2 aromatic rings. The Morgan fingerprint density at radius 2 is 1.81 bits per heavy atom. The highest BCUT2D eigenvalue weighted by atomic mass is 16.5. The van der Waals surface area contributed by atoms with Crippen molar-refractivity contribution in [2.45, 2.75) is 38.4 Å². The molecular weight excluding hydrogens is 398 g/mol. The first-order valence-corrected chi connectivity index (χ1v) is 10.5. The molecule has 0 spiro atoms. The van der Waals surface area contributed by atoms with E-state index in [1.807, 2.05) is 42.0 Å². The van der Waals surface area contributed by atoms with Crippen molar-refractivity contribution in [3.63, 3.8) is 0 Å². The van der Waals surface area contributed by atoms with Crippen LogP contribution in [0.4, 0.5) is 0 Å². The Labute approximate surface area is 183 Å². The molecule has 3 rings (SSSR count). The van der Waals surface area contributed by atoms with Crippen molar-refractivity contribution in [3.05, 3.63) is 47.8 Å². The molecule has 8 nitrogen and oxygen atoms in total. The molecule has 0 aliphatic carbocycles. The fourth-order valence-electron chi connectivity index (χ4n) is 4.03. The predicted octanol–water partition coefficient (Wildman–Crippen LogP) is 2.63. The maximum atomic E-state index is 12.7. The van der Waals surface area contributed by atoms with Crippen molar-refractivity contribution in [2.24, 2.45) is 0 Å². The Bertz CT molecular complexity index is 902. The first kappa shape index (κ1) is 22.7. The molecule has 1 amide bonds.